The number of pyridine rings is 1. The highest BCUT2D eigenvalue weighted by atomic mass is 32.1. The number of benzene rings is 2. The molecule has 0 unspecified atom stereocenters. The number of hydrogen-bond acceptors (Lipinski definition) is 12. The van der Waals surface area contributed by atoms with Crippen LogP contribution in [0.5, 0.6) is 23.0 Å². The van der Waals surface area contributed by atoms with Crippen LogP contribution in [0.3, 0.4) is 0 Å². The molecule has 0 fully saturated rings. The third-order valence-corrected chi connectivity index (χ3v) is 9.70. The number of nitrogens with zero attached hydrogens (tertiary/aromatic N) is 6. The number of methoxy groups -OCH3 is 4. The third-order valence-electron chi connectivity index (χ3n) is 8.64. The van der Waals surface area contributed by atoms with Crippen molar-refractivity contribution in [3.8, 4) is 45.1 Å². The third kappa shape index (κ3) is 7.61. The Morgan fingerprint density at radius 2 is 1.56 bits per heavy atom. The highest BCUT2D eigenvalue weighted by molar-refractivity contribution is 7.15. The Hall–Kier alpha value is -6.23. The summed E-state index contributed by atoms with van der Waals surface area (Å²) in [6.45, 7) is 3.85. The maximum atomic E-state index is 15.5. The molecule has 0 saturated heterocycles. The lowest BCUT2D eigenvalue weighted by molar-refractivity contribution is 0.0946. The molecule has 17 heteroatoms. The molecule has 0 saturated carbocycles. The molecule has 15 nitrogen and oxygen atoms in total. The maximum absolute atomic E-state index is 15.5. The average Bonchev–Trinajstić information content (AvgIpc) is 3.88. The van der Waals surface area contributed by atoms with Crippen molar-refractivity contribution in [1.29, 1.82) is 0 Å². The van der Waals surface area contributed by atoms with Gasteiger partial charge in [0.25, 0.3) is 5.91 Å². The molecule has 54 heavy (non-hydrogen) atoms. The number of halogens is 1. The van der Waals surface area contributed by atoms with Crippen LogP contribution in [0.4, 0.5) is 9.18 Å². The summed E-state index contributed by atoms with van der Waals surface area (Å²) >= 11 is 1.17. The molecule has 0 atom stereocenters. The van der Waals surface area contributed by atoms with Gasteiger partial charge in [-0.15, -0.1) is 11.3 Å². The van der Waals surface area contributed by atoms with Crippen LogP contribution in [0.25, 0.3) is 33.0 Å². The van der Waals surface area contributed by atoms with Gasteiger partial charge < -0.3 is 34.3 Å². The highest BCUT2D eigenvalue weighted by Crippen LogP contribution is 2.38. The molecular formula is C37H39FN8O7S. The van der Waals surface area contributed by atoms with Gasteiger partial charge in [0.1, 0.15) is 57.4 Å². The van der Waals surface area contributed by atoms with Crippen LogP contribution in [0, 0.1) is 12.7 Å². The van der Waals surface area contributed by atoms with E-state index in [-0.39, 0.29) is 36.8 Å². The molecule has 6 aromatic rings. The van der Waals surface area contributed by atoms with Crippen molar-refractivity contribution in [2.75, 3.05) is 28.4 Å². The molecule has 4 aromatic heterocycles. The highest BCUT2D eigenvalue weighted by Gasteiger charge is 2.26. The Morgan fingerprint density at radius 1 is 0.870 bits per heavy atom. The zero-order valence-corrected chi connectivity index (χ0v) is 31.6. The van der Waals surface area contributed by atoms with Crippen LogP contribution in [0.2, 0.25) is 0 Å². The molecule has 0 aliphatic heterocycles. The molecule has 0 aliphatic rings. The van der Waals surface area contributed by atoms with E-state index in [1.807, 2.05) is 6.92 Å². The summed E-state index contributed by atoms with van der Waals surface area (Å²) in [6, 6.07) is 12.1. The first kappa shape index (κ1) is 37.5. The number of aryl methyl sites for hydroxylation is 3. The quantitative estimate of drug-likeness (QED) is 0.138. The number of ether oxygens (including phenoxy) is 5. The van der Waals surface area contributed by atoms with Gasteiger partial charge >= 0.3 is 6.09 Å². The number of carbonyl (C=O) groups is 2. The second-order valence-electron chi connectivity index (χ2n) is 11.9. The van der Waals surface area contributed by atoms with Crippen LogP contribution in [0.15, 0.2) is 48.7 Å². The molecule has 0 bridgehead atoms. The lowest BCUT2D eigenvalue weighted by Crippen LogP contribution is -2.24. The Bertz CT molecular complexity index is 2340. The van der Waals surface area contributed by atoms with E-state index in [2.05, 4.69) is 20.8 Å². The standard InChI is InChI=1S/C37H39FN8O7S/c1-8-46-34(31(38)20(2)44-46)36-43-33(30(54-36)18-40-37(48)53-19-22-10-12-24(50-5)14-29(22)52-7)32-25-17-41-45(3)27(25)15-26(42-32)35(47)39-16-21-9-11-23(49-4)13-28(21)51-6/h9-15,17H,8,16,18-19H2,1-7H3,(H,39,47)(H,40,48). The summed E-state index contributed by atoms with van der Waals surface area (Å²) < 4.78 is 45.7. The van der Waals surface area contributed by atoms with E-state index in [1.54, 1.807) is 81.5 Å². The second kappa shape index (κ2) is 16.2. The van der Waals surface area contributed by atoms with Crippen molar-refractivity contribution >= 4 is 34.2 Å². The number of rotatable bonds is 14. The van der Waals surface area contributed by atoms with Crippen LogP contribution < -0.4 is 29.6 Å². The molecule has 6 rings (SSSR count). The van der Waals surface area contributed by atoms with Gasteiger partial charge in [-0.05, 0) is 44.2 Å². The fourth-order valence-electron chi connectivity index (χ4n) is 5.77. The first-order valence-electron chi connectivity index (χ1n) is 16.8. The topological polar surface area (TPSA) is 166 Å². The van der Waals surface area contributed by atoms with Crippen molar-refractivity contribution in [3.05, 3.63) is 81.9 Å². The molecule has 0 spiro atoms. The van der Waals surface area contributed by atoms with Crippen LogP contribution >= 0.6 is 11.3 Å². The van der Waals surface area contributed by atoms with E-state index in [0.29, 0.717) is 67.3 Å². The van der Waals surface area contributed by atoms with Gasteiger partial charge in [0, 0.05) is 48.8 Å². The minimum atomic E-state index is -0.712. The van der Waals surface area contributed by atoms with Gasteiger partial charge in [-0.1, -0.05) is 0 Å². The number of thiazole rings is 1. The molecule has 282 valence electrons. The number of carbonyl (C=O) groups excluding carboxylic acids is 2. The van der Waals surface area contributed by atoms with Crippen molar-refractivity contribution < 1.29 is 37.7 Å². The lowest BCUT2D eigenvalue weighted by atomic mass is 10.1. The molecule has 4 heterocycles. The van der Waals surface area contributed by atoms with Crippen molar-refractivity contribution in [2.24, 2.45) is 7.05 Å². The van der Waals surface area contributed by atoms with E-state index in [9.17, 15) is 9.59 Å². The normalized spacial score (nSPS) is 11.0. The van der Waals surface area contributed by atoms with E-state index in [1.165, 1.54) is 30.2 Å². The molecule has 0 aliphatic carbocycles. The maximum Gasteiger partial charge on any atom is 0.407 e. The molecule has 2 amide bonds. The van der Waals surface area contributed by atoms with Crippen molar-refractivity contribution in [1.82, 2.24) is 40.2 Å². The lowest BCUT2D eigenvalue weighted by Gasteiger charge is -2.12. The Balaban J connectivity index is 1.34. The monoisotopic (exact) mass is 758 g/mol. The summed E-state index contributed by atoms with van der Waals surface area (Å²) in [5.74, 6) is 1.29. The predicted octanol–water partition coefficient (Wildman–Crippen LogP) is 5.81. The van der Waals surface area contributed by atoms with Crippen molar-refractivity contribution in [3.63, 3.8) is 0 Å². The van der Waals surface area contributed by atoms with Gasteiger partial charge in [0.2, 0.25) is 0 Å². The Kier molecular flexibility index (Phi) is 11.3. The number of aromatic nitrogens is 6. The molecular weight excluding hydrogens is 720 g/mol. The molecule has 2 aromatic carbocycles. The summed E-state index contributed by atoms with van der Waals surface area (Å²) in [4.78, 5) is 36.9. The number of hydrogen-bond donors (Lipinski definition) is 2. The minimum Gasteiger partial charge on any atom is -0.497 e. The SMILES string of the molecule is CCn1nc(C)c(F)c1-c1nc(-c2nc(C(=O)NCc3ccc(OC)cc3OC)cc3c2cnn3C)c(CNC(=O)OCc2ccc(OC)cc2OC)s1. The van der Waals surface area contributed by atoms with E-state index in [0.717, 1.165) is 5.56 Å². The Labute approximate surface area is 314 Å². The number of amides is 2. The number of fused-ring (bicyclic) bond motifs is 1. The van der Waals surface area contributed by atoms with E-state index >= 15 is 4.39 Å². The largest absolute Gasteiger partial charge is 0.497 e. The van der Waals surface area contributed by atoms with Crippen LogP contribution in [-0.4, -0.2) is 70.0 Å². The van der Waals surface area contributed by atoms with Gasteiger partial charge in [0.05, 0.1) is 57.3 Å². The fraction of sp³-hybridized carbons (Fsp3) is 0.297. The van der Waals surface area contributed by atoms with E-state index in [4.69, 9.17) is 33.7 Å². The summed E-state index contributed by atoms with van der Waals surface area (Å²) in [5, 5.41) is 15.4. The molecule has 2 N–H and O–H groups in total. The number of alkyl carbamates (subject to hydrolysis) is 1. The summed E-state index contributed by atoms with van der Waals surface area (Å²) in [5.41, 5.74) is 3.14. The zero-order chi connectivity index (χ0) is 38.5. The fourth-order valence-corrected chi connectivity index (χ4v) is 6.82. The Morgan fingerprint density at radius 3 is 2.22 bits per heavy atom. The van der Waals surface area contributed by atoms with Gasteiger partial charge in [-0.25, -0.2) is 19.2 Å². The van der Waals surface area contributed by atoms with Gasteiger partial charge in [0.15, 0.2) is 5.82 Å². The smallest absolute Gasteiger partial charge is 0.407 e. The second-order valence-corrected chi connectivity index (χ2v) is 13.0. The molecule has 0 radical (unpaired) electrons. The van der Waals surface area contributed by atoms with Crippen LogP contribution in [0.1, 0.15) is 39.1 Å². The van der Waals surface area contributed by atoms with Gasteiger partial charge in [-0.2, -0.15) is 10.2 Å². The minimum absolute atomic E-state index is 0.0520. The van der Waals surface area contributed by atoms with Crippen molar-refractivity contribution in [2.45, 2.75) is 40.1 Å². The summed E-state index contributed by atoms with van der Waals surface area (Å²) in [7, 11) is 7.91. The predicted molar refractivity (Wildman–Crippen MR) is 198 cm³/mol. The van der Waals surface area contributed by atoms with E-state index < -0.39 is 17.8 Å². The first-order valence-corrected chi connectivity index (χ1v) is 17.6. The van der Waals surface area contributed by atoms with Crippen LogP contribution in [-0.2, 0) is 38.0 Å². The zero-order valence-electron chi connectivity index (χ0n) is 30.8. The average molecular weight is 759 g/mol. The first-order chi connectivity index (χ1) is 26.1. The number of nitrogens with one attached hydrogen (secondary N) is 2. The summed E-state index contributed by atoms with van der Waals surface area (Å²) in [6.07, 6.45) is 0.908. The van der Waals surface area contributed by atoms with Gasteiger partial charge in [-0.3, -0.25) is 14.2 Å².